The van der Waals surface area contributed by atoms with Gasteiger partial charge in [-0.3, -0.25) is 4.79 Å². The van der Waals surface area contributed by atoms with E-state index in [4.69, 9.17) is 14.2 Å². The van der Waals surface area contributed by atoms with Crippen molar-refractivity contribution in [3.8, 4) is 17.2 Å². The number of sulfonamides is 1. The van der Waals surface area contributed by atoms with Crippen LogP contribution in [-0.4, -0.2) is 80.4 Å². The molecule has 45 heavy (non-hydrogen) atoms. The number of likely N-dealkylation sites (N-methyl/N-ethyl adjacent to an activating group) is 1. The Morgan fingerprint density at radius 1 is 1.02 bits per heavy atom. The number of fused-ring (bicyclic) bond motifs is 2. The van der Waals surface area contributed by atoms with Gasteiger partial charge in [-0.2, -0.15) is 4.31 Å². The fraction of sp³-hybridized carbons (Fsp3) is 0.375. The first-order valence-electron chi connectivity index (χ1n) is 14.6. The lowest BCUT2D eigenvalue weighted by molar-refractivity contribution is -0.134. The van der Waals surface area contributed by atoms with Crippen molar-refractivity contribution >= 4 is 33.3 Å². The molecule has 2 aliphatic heterocycles. The Morgan fingerprint density at radius 2 is 1.67 bits per heavy atom. The SMILES string of the molecule is Cc1ccc(S(=O)(=O)N(C)C[C@@H]2Oc3ccc(NC(=O)Nc4ccc5c(c4)OCO5)cc3CC(=O)N([C@H](C)CO)C[C@@H]2C)cc1. The van der Waals surface area contributed by atoms with Crippen LogP contribution >= 0.6 is 0 Å². The molecule has 13 heteroatoms. The summed E-state index contributed by atoms with van der Waals surface area (Å²) in [5, 5.41) is 15.5. The predicted molar refractivity (Wildman–Crippen MR) is 168 cm³/mol. The number of aliphatic hydroxyl groups is 1. The highest BCUT2D eigenvalue weighted by molar-refractivity contribution is 7.89. The molecule has 0 aromatic heterocycles. The van der Waals surface area contributed by atoms with Gasteiger partial charge in [-0.05, 0) is 56.3 Å². The van der Waals surface area contributed by atoms with Crippen LogP contribution in [0.2, 0.25) is 0 Å². The second-order valence-corrected chi connectivity index (χ2v) is 13.5. The molecule has 3 N–H and O–H groups in total. The normalized spacial score (nSPS) is 18.7. The molecule has 5 rings (SSSR count). The van der Waals surface area contributed by atoms with Crippen molar-refractivity contribution in [2.45, 2.75) is 44.2 Å². The Hall–Kier alpha value is -4.33. The summed E-state index contributed by atoms with van der Waals surface area (Å²) in [7, 11) is -2.31. The molecule has 240 valence electrons. The minimum Gasteiger partial charge on any atom is -0.488 e. The number of hydrogen-bond donors (Lipinski definition) is 3. The first-order valence-corrected chi connectivity index (χ1v) is 16.1. The van der Waals surface area contributed by atoms with Crippen LogP contribution in [0.25, 0.3) is 0 Å². The van der Waals surface area contributed by atoms with E-state index >= 15 is 0 Å². The number of urea groups is 1. The zero-order valence-electron chi connectivity index (χ0n) is 25.6. The average molecular weight is 639 g/mol. The number of ether oxygens (including phenoxy) is 3. The van der Waals surface area contributed by atoms with E-state index in [2.05, 4.69) is 10.6 Å². The summed E-state index contributed by atoms with van der Waals surface area (Å²) in [6.45, 7) is 5.69. The molecule has 0 saturated carbocycles. The monoisotopic (exact) mass is 638 g/mol. The van der Waals surface area contributed by atoms with Crippen LogP contribution in [0.5, 0.6) is 17.2 Å². The fourth-order valence-corrected chi connectivity index (χ4v) is 6.42. The number of nitrogens with zero attached hydrogens (tertiary/aromatic N) is 2. The quantitative estimate of drug-likeness (QED) is 0.337. The Bertz CT molecular complexity index is 1660. The lowest BCUT2D eigenvalue weighted by Gasteiger charge is -2.33. The molecule has 2 heterocycles. The number of carbonyl (C=O) groups excluding carboxylic acids is 2. The highest BCUT2D eigenvalue weighted by atomic mass is 32.2. The maximum Gasteiger partial charge on any atom is 0.323 e. The molecule has 0 bridgehead atoms. The summed E-state index contributed by atoms with van der Waals surface area (Å²) in [4.78, 5) is 28.1. The van der Waals surface area contributed by atoms with Crippen molar-refractivity contribution in [1.82, 2.24) is 9.21 Å². The summed E-state index contributed by atoms with van der Waals surface area (Å²) < 4.78 is 45.2. The third-order valence-corrected chi connectivity index (χ3v) is 9.81. The van der Waals surface area contributed by atoms with E-state index in [1.54, 1.807) is 72.5 Å². The van der Waals surface area contributed by atoms with Gasteiger partial charge in [0, 0.05) is 42.5 Å². The summed E-state index contributed by atoms with van der Waals surface area (Å²) in [6, 6.07) is 15.7. The van der Waals surface area contributed by atoms with Crippen LogP contribution in [0.4, 0.5) is 16.2 Å². The zero-order valence-corrected chi connectivity index (χ0v) is 26.5. The number of carbonyl (C=O) groups is 2. The number of rotatable bonds is 8. The van der Waals surface area contributed by atoms with Crippen LogP contribution in [0.3, 0.4) is 0 Å². The number of amides is 3. The van der Waals surface area contributed by atoms with Crippen LogP contribution in [-0.2, 0) is 21.2 Å². The van der Waals surface area contributed by atoms with Crippen molar-refractivity contribution in [3.05, 3.63) is 71.8 Å². The molecule has 3 atom stereocenters. The molecule has 12 nitrogen and oxygen atoms in total. The van der Waals surface area contributed by atoms with Gasteiger partial charge in [-0.25, -0.2) is 13.2 Å². The topological polar surface area (TPSA) is 147 Å². The molecule has 0 unspecified atom stereocenters. The maximum absolute atomic E-state index is 13.5. The summed E-state index contributed by atoms with van der Waals surface area (Å²) in [6.07, 6.45) is -0.683. The molecule has 3 aromatic carbocycles. The zero-order chi connectivity index (χ0) is 32.3. The smallest absolute Gasteiger partial charge is 0.323 e. The number of aryl methyl sites for hydroxylation is 1. The van der Waals surface area contributed by atoms with E-state index in [0.717, 1.165) is 5.56 Å². The number of nitrogens with one attached hydrogen (secondary N) is 2. The van der Waals surface area contributed by atoms with Gasteiger partial charge in [0.1, 0.15) is 11.9 Å². The highest BCUT2D eigenvalue weighted by Gasteiger charge is 2.33. The van der Waals surface area contributed by atoms with E-state index in [1.807, 2.05) is 13.8 Å². The lowest BCUT2D eigenvalue weighted by atomic mass is 10.0. The van der Waals surface area contributed by atoms with Crippen LogP contribution in [0, 0.1) is 12.8 Å². The van der Waals surface area contributed by atoms with E-state index in [1.165, 1.54) is 11.4 Å². The largest absolute Gasteiger partial charge is 0.488 e. The van der Waals surface area contributed by atoms with E-state index in [9.17, 15) is 23.1 Å². The van der Waals surface area contributed by atoms with Crippen molar-refractivity contribution in [2.75, 3.05) is 44.2 Å². The molecule has 3 amide bonds. The van der Waals surface area contributed by atoms with Crippen LogP contribution in [0.1, 0.15) is 25.0 Å². The Kier molecular flexibility index (Phi) is 9.51. The molecular weight excluding hydrogens is 600 g/mol. The first-order chi connectivity index (χ1) is 21.4. The lowest BCUT2D eigenvalue weighted by Crippen LogP contribution is -2.48. The first kappa shape index (κ1) is 32.1. The number of hydrogen-bond acceptors (Lipinski definition) is 8. The Morgan fingerprint density at radius 3 is 2.36 bits per heavy atom. The van der Waals surface area contributed by atoms with Crippen molar-refractivity contribution < 1.29 is 37.3 Å². The molecule has 0 spiro atoms. The molecular formula is C32H38N4O8S. The van der Waals surface area contributed by atoms with E-state index in [-0.39, 0.29) is 49.6 Å². The molecule has 0 fully saturated rings. The highest BCUT2D eigenvalue weighted by Crippen LogP contribution is 2.34. The number of anilines is 2. The van der Waals surface area contributed by atoms with Gasteiger partial charge in [0.25, 0.3) is 0 Å². The van der Waals surface area contributed by atoms with Crippen LogP contribution in [0.15, 0.2) is 65.6 Å². The van der Waals surface area contributed by atoms with E-state index < -0.39 is 28.2 Å². The van der Waals surface area contributed by atoms with E-state index in [0.29, 0.717) is 34.2 Å². The summed E-state index contributed by atoms with van der Waals surface area (Å²) in [5.74, 6) is 1.01. The van der Waals surface area contributed by atoms with Gasteiger partial charge in [0.15, 0.2) is 11.5 Å². The molecule has 3 aromatic rings. The van der Waals surface area contributed by atoms with Gasteiger partial charge in [-0.15, -0.1) is 0 Å². The third kappa shape index (κ3) is 7.32. The maximum atomic E-state index is 13.5. The summed E-state index contributed by atoms with van der Waals surface area (Å²) >= 11 is 0. The van der Waals surface area contributed by atoms with Crippen LogP contribution < -0.4 is 24.8 Å². The minimum absolute atomic E-state index is 0.0181. The predicted octanol–water partition coefficient (Wildman–Crippen LogP) is 3.84. The minimum atomic E-state index is -3.82. The van der Waals surface area contributed by atoms with Crippen molar-refractivity contribution in [1.29, 1.82) is 0 Å². The Labute approximate surface area is 262 Å². The third-order valence-electron chi connectivity index (χ3n) is 7.97. The van der Waals surface area contributed by atoms with Crippen molar-refractivity contribution in [2.24, 2.45) is 5.92 Å². The van der Waals surface area contributed by atoms with Gasteiger partial charge in [0.2, 0.25) is 22.7 Å². The average Bonchev–Trinajstić information content (AvgIpc) is 3.49. The molecule has 0 saturated heterocycles. The number of benzene rings is 3. The molecule has 2 aliphatic rings. The fourth-order valence-electron chi connectivity index (χ4n) is 5.23. The van der Waals surface area contributed by atoms with Gasteiger partial charge in [0.05, 0.1) is 30.5 Å². The van der Waals surface area contributed by atoms with Gasteiger partial charge >= 0.3 is 6.03 Å². The second kappa shape index (κ2) is 13.3. The molecule has 0 radical (unpaired) electrons. The van der Waals surface area contributed by atoms with Gasteiger partial charge < -0.3 is 34.9 Å². The Balaban J connectivity index is 1.38. The van der Waals surface area contributed by atoms with Gasteiger partial charge in [-0.1, -0.05) is 24.6 Å². The molecule has 0 aliphatic carbocycles. The van der Waals surface area contributed by atoms with Crippen molar-refractivity contribution in [3.63, 3.8) is 0 Å². The summed E-state index contributed by atoms with van der Waals surface area (Å²) in [5.41, 5.74) is 2.39. The standard InChI is InChI=1S/C32H38N4O8S/c1-20-5-9-26(10-6-20)45(40,41)35(4)17-30-21(2)16-36(22(3)18-37)31(38)14-23-13-24(7-11-27(23)44-30)33-32(39)34-25-8-12-28-29(15-25)43-19-42-28/h5-13,15,21-22,30,37H,14,16-19H2,1-4H3,(H2,33,34,39)/t21-,22+,30-/m0/s1. The number of aliphatic hydroxyl groups excluding tert-OH is 1. The second-order valence-electron chi connectivity index (χ2n) is 11.5.